The Hall–Kier alpha value is -3.06. The van der Waals surface area contributed by atoms with Crippen LogP contribution >= 0.6 is 0 Å². The van der Waals surface area contributed by atoms with Crippen LogP contribution in [0.4, 0.5) is 0 Å². The molecule has 0 saturated carbocycles. The van der Waals surface area contributed by atoms with E-state index in [1.807, 2.05) is 36.4 Å². The van der Waals surface area contributed by atoms with Crippen LogP contribution in [0.25, 0.3) is 11.5 Å². The first kappa shape index (κ1) is 15.5. The topological polar surface area (TPSA) is 9.23 Å². The minimum atomic E-state index is 0.195. The predicted molar refractivity (Wildman–Crippen MR) is 104 cm³/mol. The third kappa shape index (κ3) is 3.27. The van der Waals surface area contributed by atoms with Crippen molar-refractivity contribution in [2.75, 3.05) is 0 Å². The van der Waals surface area contributed by atoms with Crippen LogP contribution in [-0.2, 0) is 4.74 Å². The van der Waals surface area contributed by atoms with Crippen LogP contribution in [0.5, 0.6) is 0 Å². The highest BCUT2D eigenvalue weighted by atomic mass is 16.5. The molecule has 25 heavy (non-hydrogen) atoms. The molecule has 0 aromatic heterocycles. The fraction of sp³-hybridized carbons (Fsp3) is 0.0833. The van der Waals surface area contributed by atoms with Crippen molar-refractivity contribution < 1.29 is 4.74 Å². The molecule has 0 spiro atoms. The monoisotopic (exact) mass is 324 g/mol. The van der Waals surface area contributed by atoms with E-state index in [0.717, 1.165) is 22.6 Å². The van der Waals surface area contributed by atoms with E-state index in [2.05, 4.69) is 67.6 Å². The largest absolute Gasteiger partial charge is 0.457 e. The Morgan fingerprint density at radius 1 is 0.600 bits per heavy atom. The van der Waals surface area contributed by atoms with E-state index < -0.39 is 0 Å². The highest BCUT2D eigenvalue weighted by Crippen LogP contribution is 2.37. The molecule has 4 rings (SSSR count). The SMILES string of the molecule is Cc1ccccc1C1C=C(c2ccccc2)OC(c2ccccc2)=C1. The molecular formula is C24H20O. The molecule has 3 aromatic carbocycles. The van der Waals surface area contributed by atoms with Gasteiger partial charge in [0.25, 0.3) is 0 Å². The lowest BCUT2D eigenvalue weighted by molar-refractivity contribution is 0.459. The van der Waals surface area contributed by atoms with Gasteiger partial charge in [-0.3, -0.25) is 0 Å². The van der Waals surface area contributed by atoms with Gasteiger partial charge in [0.05, 0.1) is 0 Å². The number of aryl methyl sites for hydroxylation is 1. The second kappa shape index (κ2) is 6.82. The van der Waals surface area contributed by atoms with Crippen molar-refractivity contribution in [2.24, 2.45) is 0 Å². The Bertz CT molecular complexity index is 865. The second-order valence-electron chi connectivity index (χ2n) is 6.28. The fourth-order valence-corrected chi connectivity index (χ4v) is 3.22. The smallest absolute Gasteiger partial charge is 0.131 e. The van der Waals surface area contributed by atoms with Crippen LogP contribution in [0.2, 0.25) is 0 Å². The minimum absolute atomic E-state index is 0.195. The first-order chi connectivity index (χ1) is 12.3. The summed E-state index contributed by atoms with van der Waals surface area (Å²) >= 11 is 0. The molecule has 1 nitrogen and oxygen atoms in total. The summed E-state index contributed by atoms with van der Waals surface area (Å²) in [6, 6.07) is 29.1. The Morgan fingerprint density at radius 3 is 1.60 bits per heavy atom. The first-order valence-corrected chi connectivity index (χ1v) is 8.59. The highest BCUT2D eigenvalue weighted by molar-refractivity contribution is 5.74. The number of hydrogen-bond donors (Lipinski definition) is 0. The van der Waals surface area contributed by atoms with E-state index in [-0.39, 0.29) is 5.92 Å². The van der Waals surface area contributed by atoms with Crippen LogP contribution in [0, 0.1) is 6.92 Å². The van der Waals surface area contributed by atoms with Gasteiger partial charge in [0.15, 0.2) is 0 Å². The van der Waals surface area contributed by atoms with Crippen molar-refractivity contribution in [1.29, 1.82) is 0 Å². The van der Waals surface area contributed by atoms with Crippen molar-refractivity contribution in [3.63, 3.8) is 0 Å². The summed E-state index contributed by atoms with van der Waals surface area (Å²) in [5.41, 5.74) is 4.81. The van der Waals surface area contributed by atoms with Gasteiger partial charge in [-0.1, -0.05) is 84.9 Å². The van der Waals surface area contributed by atoms with Crippen LogP contribution in [0.15, 0.2) is 97.1 Å². The van der Waals surface area contributed by atoms with E-state index in [0.29, 0.717) is 0 Å². The average Bonchev–Trinajstić information content (AvgIpc) is 2.69. The van der Waals surface area contributed by atoms with Gasteiger partial charge >= 0.3 is 0 Å². The summed E-state index contributed by atoms with van der Waals surface area (Å²) < 4.78 is 6.27. The molecule has 0 amide bonds. The van der Waals surface area contributed by atoms with Crippen LogP contribution in [-0.4, -0.2) is 0 Å². The molecule has 0 fully saturated rings. The zero-order valence-corrected chi connectivity index (χ0v) is 14.2. The molecule has 1 aliphatic rings. The maximum atomic E-state index is 6.27. The van der Waals surface area contributed by atoms with Gasteiger partial charge in [-0.25, -0.2) is 0 Å². The van der Waals surface area contributed by atoms with Crippen LogP contribution in [0.1, 0.15) is 28.2 Å². The van der Waals surface area contributed by atoms with Gasteiger partial charge in [-0.05, 0) is 30.2 Å². The Kier molecular flexibility index (Phi) is 4.22. The van der Waals surface area contributed by atoms with Crippen LogP contribution in [0.3, 0.4) is 0 Å². The van der Waals surface area contributed by atoms with Gasteiger partial charge in [0.2, 0.25) is 0 Å². The van der Waals surface area contributed by atoms with Crippen molar-refractivity contribution in [3.8, 4) is 0 Å². The molecule has 1 heterocycles. The van der Waals surface area contributed by atoms with Gasteiger partial charge in [-0.2, -0.15) is 0 Å². The molecule has 0 atom stereocenters. The quantitative estimate of drug-likeness (QED) is 0.558. The normalized spacial score (nSPS) is 14.4. The lowest BCUT2D eigenvalue weighted by Crippen LogP contribution is -2.06. The number of benzene rings is 3. The Morgan fingerprint density at radius 2 is 1.08 bits per heavy atom. The summed E-state index contributed by atoms with van der Waals surface area (Å²) in [5.74, 6) is 2.02. The molecule has 0 bridgehead atoms. The lowest BCUT2D eigenvalue weighted by Gasteiger charge is -2.23. The van der Waals surface area contributed by atoms with Crippen molar-refractivity contribution in [1.82, 2.24) is 0 Å². The zero-order valence-electron chi connectivity index (χ0n) is 14.2. The molecule has 0 unspecified atom stereocenters. The summed E-state index contributed by atoms with van der Waals surface area (Å²) in [6.45, 7) is 2.16. The summed E-state index contributed by atoms with van der Waals surface area (Å²) in [5, 5.41) is 0. The number of allylic oxidation sites excluding steroid dienone is 2. The van der Waals surface area contributed by atoms with Gasteiger partial charge in [0, 0.05) is 17.0 Å². The average molecular weight is 324 g/mol. The fourth-order valence-electron chi connectivity index (χ4n) is 3.22. The van der Waals surface area contributed by atoms with E-state index in [9.17, 15) is 0 Å². The molecule has 1 heteroatoms. The maximum Gasteiger partial charge on any atom is 0.131 e. The molecule has 0 saturated heterocycles. The molecule has 3 aromatic rings. The molecule has 0 N–H and O–H groups in total. The summed E-state index contributed by atoms with van der Waals surface area (Å²) in [4.78, 5) is 0. The lowest BCUT2D eigenvalue weighted by atomic mass is 9.90. The van der Waals surface area contributed by atoms with Gasteiger partial charge in [0.1, 0.15) is 11.5 Å². The van der Waals surface area contributed by atoms with E-state index in [1.165, 1.54) is 11.1 Å². The number of hydrogen-bond acceptors (Lipinski definition) is 1. The van der Waals surface area contributed by atoms with Crippen LogP contribution < -0.4 is 0 Å². The Labute approximate surface area is 148 Å². The van der Waals surface area contributed by atoms with Crippen molar-refractivity contribution in [2.45, 2.75) is 12.8 Å². The first-order valence-electron chi connectivity index (χ1n) is 8.59. The number of rotatable bonds is 3. The summed E-state index contributed by atoms with van der Waals surface area (Å²) in [6.07, 6.45) is 4.42. The van der Waals surface area contributed by atoms with Gasteiger partial charge < -0.3 is 4.74 Å². The minimum Gasteiger partial charge on any atom is -0.457 e. The van der Waals surface area contributed by atoms with Crippen molar-refractivity contribution in [3.05, 3.63) is 119 Å². The van der Waals surface area contributed by atoms with Crippen molar-refractivity contribution >= 4 is 11.5 Å². The third-order valence-electron chi connectivity index (χ3n) is 4.55. The third-order valence-corrected chi connectivity index (χ3v) is 4.55. The standard InChI is InChI=1S/C24H20O/c1-18-10-8-9-15-22(18)21-16-23(19-11-4-2-5-12-19)25-24(17-21)20-13-6-3-7-14-20/h2-17,21H,1H3. The maximum absolute atomic E-state index is 6.27. The molecule has 1 aliphatic heterocycles. The Balaban J connectivity index is 1.81. The molecule has 0 aliphatic carbocycles. The predicted octanol–water partition coefficient (Wildman–Crippen LogP) is 6.19. The van der Waals surface area contributed by atoms with E-state index in [4.69, 9.17) is 4.74 Å². The van der Waals surface area contributed by atoms with E-state index in [1.54, 1.807) is 0 Å². The molecule has 122 valence electrons. The zero-order chi connectivity index (χ0) is 17.1. The highest BCUT2D eigenvalue weighted by Gasteiger charge is 2.20. The van der Waals surface area contributed by atoms with Gasteiger partial charge in [-0.15, -0.1) is 0 Å². The summed E-state index contributed by atoms with van der Waals surface area (Å²) in [7, 11) is 0. The number of ether oxygens (including phenoxy) is 1. The second-order valence-corrected chi connectivity index (χ2v) is 6.28. The molecular weight excluding hydrogens is 304 g/mol. The van der Waals surface area contributed by atoms with E-state index >= 15 is 0 Å². The molecule has 0 radical (unpaired) electrons.